The summed E-state index contributed by atoms with van der Waals surface area (Å²) in [7, 11) is 1.68. The van der Waals surface area contributed by atoms with Crippen molar-refractivity contribution in [2.24, 2.45) is 5.92 Å². The number of hydrogen-bond acceptors (Lipinski definition) is 4. The molecule has 0 rings (SSSR count). The van der Waals surface area contributed by atoms with E-state index in [2.05, 4.69) is 11.6 Å². The Bertz CT molecular complexity index is 153. The van der Waals surface area contributed by atoms with Gasteiger partial charge in [-0.25, -0.2) is 0 Å². The van der Waals surface area contributed by atoms with Crippen LogP contribution in [0.2, 0.25) is 0 Å². The van der Waals surface area contributed by atoms with Crippen LogP contribution in [0.5, 0.6) is 0 Å². The molecule has 0 radical (unpaired) electrons. The summed E-state index contributed by atoms with van der Waals surface area (Å²) >= 11 is 1.49. The summed E-state index contributed by atoms with van der Waals surface area (Å²) in [5.74, 6) is 0.607. The predicted molar refractivity (Wildman–Crippen MR) is 56.8 cm³/mol. The Morgan fingerprint density at radius 2 is 2.23 bits per heavy atom. The number of ether oxygens (including phenoxy) is 1. The average molecular weight is 205 g/mol. The second kappa shape index (κ2) is 7.35. The molecule has 78 valence electrons. The lowest BCUT2D eigenvalue weighted by Crippen LogP contribution is -2.32. The van der Waals surface area contributed by atoms with Gasteiger partial charge < -0.3 is 4.74 Å². The van der Waals surface area contributed by atoms with E-state index in [-0.39, 0.29) is 11.8 Å². The lowest BCUT2D eigenvalue weighted by atomic mass is 10.0. The molecule has 0 heterocycles. The summed E-state index contributed by atoms with van der Waals surface area (Å²) in [5, 5.41) is 0. The van der Waals surface area contributed by atoms with E-state index in [1.807, 2.05) is 6.26 Å². The van der Waals surface area contributed by atoms with Crippen molar-refractivity contribution in [1.82, 2.24) is 4.72 Å². The Morgan fingerprint density at radius 3 is 2.62 bits per heavy atom. The summed E-state index contributed by atoms with van der Waals surface area (Å²) in [6.45, 7) is 4.41. The van der Waals surface area contributed by atoms with Crippen molar-refractivity contribution in [3.05, 3.63) is 0 Å². The Hall–Kier alpha value is -0.0600. The van der Waals surface area contributed by atoms with Crippen molar-refractivity contribution in [3.8, 4) is 0 Å². The van der Waals surface area contributed by atoms with E-state index >= 15 is 0 Å². The Morgan fingerprint density at radius 1 is 1.62 bits per heavy atom. The molecule has 4 heteroatoms. The van der Waals surface area contributed by atoms with Gasteiger partial charge in [0.2, 0.25) is 0 Å². The maximum Gasteiger partial charge on any atom is 0.147 e. The number of hydrogen-bond donors (Lipinski definition) is 1. The zero-order valence-corrected chi connectivity index (χ0v) is 9.61. The topological polar surface area (TPSA) is 38.3 Å². The maximum absolute atomic E-state index is 11.2. The van der Waals surface area contributed by atoms with Crippen LogP contribution in [0.1, 0.15) is 20.3 Å². The molecule has 0 saturated carbocycles. The van der Waals surface area contributed by atoms with Crippen molar-refractivity contribution in [2.45, 2.75) is 26.3 Å². The zero-order chi connectivity index (χ0) is 10.3. The second-order valence-electron chi connectivity index (χ2n) is 3.28. The Balaban J connectivity index is 3.86. The monoisotopic (exact) mass is 205 g/mol. The summed E-state index contributed by atoms with van der Waals surface area (Å²) in [4.78, 5) is 11.2. The molecular formula is C9H19NO2S. The third kappa shape index (κ3) is 6.07. The molecule has 0 aromatic heterocycles. The van der Waals surface area contributed by atoms with E-state index in [0.717, 1.165) is 6.42 Å². The number of nitrogens with one attached hydrogen (secondary N) is 1. The van der Waals surface area contributed by atoms with Crippen molar-refractivity contribution in [3.63, 3.8) is 0 Å². The van der Waals surface area contributed by atoms with Crippen LogP contribution in [0.15, 0.2) is 0 Å². The minimum Gasteiger partial charge on any atom is -0.384 e. The first kappa shape index (κ1) is 12.9. The maximum atomic E-state index is 11.2. The van der Waals surface area contributed by atoms with Crippen LogP contribution in [-0.4, -0.2) is 31.8 Å². The molecule has 0 aromatic carbocycles. The van der Waals surface area contributed by atoms with Gasteiger partial charge in [0, 0.05) is 13.7 Å². The van der Waals surface area contributed by atoms with Gasteiger partial charge in [0.1, 0.15) is 5.78 Å². The van der Waals surface area contributed by atoms with Crippen molar-refractivity contribution in [2.75, 3.05) is 20.0 Å². The van der Waals surface area contributed by atoms with E-state index in [4.69, 9.17) is 4.74 Å². The fourth-order valence-corrected chi connectivity index (χ4v) is 1.74. The number of carbonyl (C=O) groups excluding carboxylic acids is 1. The van der Waals surface area contributed by atoms with Crippen LogP contribution in [-0.2, 0) is 9.53 Å². The van der Waals surface area contributed by atoms with Crippen molar-refractivity contribution >= 4 is 17.7 Å². The van der Waals surface area contributed by atoms with E-state index < -0.39 is 0 Å². The highest BCUT2D eigenvalue weighted by Gasteiger charge is 2.16. The highest BCUT2D eigenvalue weighted by Crippen LogP contribution is 2.09. The van der Waals surface area contributed by atoms with Crippen LogP contribution < -0.4 is 4.72 Å². The Kier molecular flexibility index (Phi) is 7.32. The molecule has 0 fully saturated rings. The van der Waals surface area contributed by atoms with Gasteiger partial charge in [0.15, 0.2) is 0 Å². The Labute approximate surface area is 84.7 Å². The number of Topliss-reactive ketones (excluding diaryl/α,β-unsaturated/α-hetero) is 1. The second-order valence-corrected chi connectivity index (χ2v) is 3.93. The first-order chi connectivity index (χ1) is 6.11. The van der Waals surface area contributed by atoms with Gasteiger partial charge in [0.05, 0.1) is 6.04 Å². The van der Waals surface area contributed by atoms with Crippen molar-refractivity contribution < 1.29 is 9.53 Å². The van der Waals surface area contributed by atoms with E-state index in [9.17, 15) is 4.79 Å². The van der Waals surface area contributed by atoms with Gasteiger partial charge in [-0.2, -0.15) is 0 Å². The van der Waals surface area contributed by atoms with Gasteiger partial charge in [-0.3, -0.25) is 9.52 Å². The lowest BCUT2D eigenvalue weighted by Gasteiger charge is -2.18. The molecule has 0 bridgehead atoms. The first-order valence-corrected chi connectivity index (χ1v) is 5.62. The van der Waals surface area contributed by atoms with Gasteiger partial charge >= 0.3 is 0 Å². The standard InChI is InChI=1S/C9H19NO2S/c1-7(6-12-3)5-9(8(2)11)10-13-4/h7,9-10H,5-6H2,1-4H3. The van der Waals surface area contributed by atoms with Crippen LogP contribution in [0.25, 0.3) is 0 Å². The predicted octanol–water partition coefficient (Wildman–Crippen LogP) is 1.48. The highest BCUT2D eigenvalue weighted by atomic mass is 32.2. The van der Waals surface area contributed by atoms with E-state index in [1.54, 1.807) is 14.0 Å². The summed E-state index contributed by atoms with van der Waals surface area (Å²) in [6, 6.07) is -0.0415. The SMILES string of the molecule is COCC(C)CC(NSC)C(C)=O. The minimum absolute atomic E-state index is 0.0415. The summed E-state index contributed by atoms with van der Waals surface area (Å²) < 4.78 is 8.10. The molecule has 0 spiro atoms. The third-order valence-corrected chi connectivity index (χ3v) is 2.36. The van der Waals surface area contributed by atoms with Crippen molar-refractivity contribution in [1.29, 1.82) is 0 Å². The summed E-state index contributed by atoms with van der Waals surface area (Å²) in [5.41, 5.74) is 0. The highest BCUT2D eigenvalue weighted by molar-refractivity contribution is 7.96. The fraction of sp³-hybridized carbons (Fsp3) is 0.889. The van der Waals surface area contributed by atoms with Crippen LogP contribution >= 0.6 is 11.9 Å². The molecule has 0 aromatic rings. The molecule has 13 heavy (non-hydrogen) atoms. The smallest absolute Gasteiger partial charge is 0.147 e. The van der Waals surface area contributed by atoms with Gasteiger partial charge in [-0.15, -0.1) is 0 Å². The molecule has 0 aliphatic carbocycles. The van der Waals surface area contributed by atoms with Crippen LogP contribution in [0.3, 0.4) is 0 Å². The molecule has 2 unspecified atom stereocenters. The largest absolute Gasteiger partial charge is 0.384 e. The van der Waals surface area contributed by atoms with Crippen LogP contribution in [0.4, 0.5) is 0 Å². The number of rotatable bonds is 7. The van der Waals surface area contributed by atoms with E-state index in [1.165, 1.54) is 11.9 Å². The molecule has 3 nitrogen and oxygen atoms in total. The van der Waals surface area contributed by atoms with Crippen LogP contribution in [0, 0.1) is 5.92 Å². The number of carbonyl (C=O) groups is 1. The van der Waals surface area contributed by atoms with E-state index in [0.29, 0.717) is 12.5 Å². The molecule has 0 amide bonds. The number of ketones is 1. The molecule has 1 N–H and O–H groups in total. The fourth-order valence-electron chi connectivity index (χ4n) is 1.19. The third-order valence-electron chi connectivity index (χ3n) is 1.84. The minimum atomic E-state index is -0.0415. The number of methoxy groups -OCH3 is 1. The summed E-state index contributed by atoms with van der Waals surface area (Å²) in [6.07, 6.45) is 2.76. The normalized spacial score (nSPS) is 15.4. The lowest BCUT2D eigenvalue weighted by molar-refractivity contribution is -0.118. The molecule has 0 aliphatic rings. The van der Waals surface area contributed by atoms with Gasteiger partial charge in [-0.05, 0) is 25.5 Å². The quantitative estimate of drug-likeness (QED) is 0.639. The average Bonchev–Trinajstić information content (AvgIpc) is 2.04. The molecular weight excluding hydrogens is 186 g/mol. The first-order valence-electron chi connectivity index (χ1n) is 4.39. The zero-order valence-electron chi connectivity index (χ0n) is 8.79. The van der Waals surface area contributed by atoms with Gasteiger partial charge in [-0.1, -0.05) is 18.9 Å². The molecule has 0 aliphatic heterocycles. The van der Waals surface area contributed by atoms with Gasteiger partial charge in [0.25, 0.3) is 0 Å². The molecule has 2 atom stereocenters. The molecule has 0 saturated heterocycles.